The molecule has 0 saturated heterocycles. The fraction of sp³-hybridized carbons (Fsp3) is 0.481. The number of anilines is 1. The number of nitro groups is 1. The van der Waals surface area contributed by atoms with Crippen molar-refractivity contribution < 1.29 is 29.5 Å². The molecule has 1 aliphatic carbocycles. The number of aliphatic hydroxyl groups is 1. The number of carbonyl (C=O) groups excluding carboxylic acids is 1. The van der Waals surface area contributed by atoms with Crippen molar-refractivity contribution in [1.29, 1.82) is 0 Å². The van der Waals surface area contributed by atoms with Crippen molar-refractivity contribution >= 4 is 34.9 Å². The summed E-state index contributed by atoms with van der Waals surface area (Å²) in [7, 11) is 0. The predicted molar refractivity (Wildman–Crippen MR) is 148 cm³/mol. The molecule has 13 nitrogen and oxygen atoms in total. The molecule has 2 aromatic rings. The van der Waals surface area contributed by atoms with Crippen LogP contribution in [0.15, 0.2) is 58.8 Å². The van der Waals surface area contributed by atoms with Gasteiger partial charge in [0.15, 0.2) is 0 Å². The first-order valence-electron chi connectivity index (χ1n) is 12.9. The van der Waals surface area contributed by atoms with E-state index in [4.69, 9.17) is 4.74 Å². The molecule has 2 amide bonds. The van der Waals surface area contributed by atoms with Crippen LogP contribution in [0.1, 0.15) is 40.0 Å². The maximum absolute atomic E-state index is 12.5. The predicted octanol–water partition coefficient (Wildman–Crippen LogP) is 5.14. The van der Waals surface area contributed by atoms with E-state index < -0.39 is 22.6 Å². The van der Waals surface area contributed by atoms with Crippen molar-refractivity contribution in [1.82, 2.24) is 10.6 Å². The summed E-state index contributed by atoms with van der Waals surface area (Å²) < 4.78 is 5.41. The van der Waals surface area contributed by atoms with E-state index in [1.54, 1.807) is 24.3 Å². The van der Waals surface area contributed by atoms with Crippen LogP contribution < -0.4 is 15.5 Å². The van der Waals surface area contributed by atoms with Gasteiger partial charge in [-0.15, -0.1) is 0 Å². The number of nitrogens with one attached hydrogen (secondary N) is 2. The fourth-order valence-corrected chi connectivity index (χ4v) is 5.37. The maximum atomic E-state index is 12.5. The third-order valence-corrected chi connectivity index (χ3v) is 6.62. The molecule has 1 aliphatic rings. The van der Waals surface area contributed by atoms with Crippen LogP contribution in [-0.4, -0.2) is 65.2 Å². The molecule has 216 valence electrons. The Bertz CT molecular complexity index is 1200. The molecular weight excluding hydrogens is 520 g/mol. The van der Waals surface area contributed by atoms with Crippen molar-refractivity contribution in [3.63, 3.8) is 0 Å². The van der Waals surface area contributed by atoms with Crippen LogP contribution in [0.4, 0.5) is 32.3 Å². The number of carbonyl (C=O) groups is 2. The lowest BCUT2D eigenvalue weighted by Gasteiger charge is -2.46. The molecule has 40 heavy (non-hydrogen) atoms. The number of azo groups is 1. The number of rotatable bonds is 11. The lowest BCUT2D eigenvalue weighted by Crippen LogP contribution is -2.57. The molecule has 4 N–H and O–H groups in total. The molecular formula is C27H36N6O7. The Kier molecular flexibility index (Phi) is 9.99. The van der Waals surface area contributed by atoms with E-state index in [2.05, 4.69) is 20.9 Å². The van der Waals surface area contributed by atoms with Gasteiger partial charge in [-0.25, -0.2) is 9.59 Å². The van der Waals surface area contributed by atoms with Gasteiger partial charge in [0.2, 0.25) is 0 Å². The number of carboxylic acid groups (broad SMARTS) is 1. The number of benzene rings is 2. The van der Waals surface area contributed by atoms with Crippen LogP contribution in [-0.2, 0) is 4.74 Å². The number of amides is 2. The minimum atomic E-state index is -1.09. The fourth-order valence-electron chi connectivity index (χ4n) is 5.37. The van der Waals surface area contributed by atoms with E-state index in [0.29, 0.717) is 43.7 Å². The van der Waals surface area contributed by atoms with Gasteiger partial charge in [-0.2, -0.15) is 10.2 Å². The number of hydrogen-bond acceptors (Lipinski definition) is 9. The van der Waals surface area contributed by atoms with Gasteiger partial charge in [0.1, 0.15) is 6.61 Å². The standard InChI is InChI=1S/C27H36N6O7/c1-26(2)16-21(17-27(3,18-26)29-24(35)36)28-25(37)40-15-13-32(12-14-34)22-8-4-19(5-9-22)30-31-20-6-10-23(11-7-20)33(38)39/h4-11,21,29,34H,12-18H2,1-3H3,(H,28,37)(H,35,36). The summed E-state index contributed by atoms with van der Waals surface area (Å²) in [6, 6.07) is 12.6. The van der Waals surface area contributed by atoms with Gasteiger partial charge < -0.3 is 30.5 Å². The number of alkyl carbamates (subject to hydrolysis) is 1. The number of nitrogens with zero attached hydrogens (tertiary/aromatic N) is 4. The largest absolute Gasteiger partial charge is 0.465 e. The van der Waals surface area contributed by atoms with Crippen molar-refractivity contribution in [2.75, 3.05) is 31.2 Å². The van der Waals surface area contributed by atoms with E-state index >= 15 is 0 Å². The summed E-state index contributed by atoms with van der Waals surface area (Å²) in [5.41, 5.74) is 0.989. The van der Waals surface area contributed by atoms with Crippen molar-refractivity contribution in [3.8, 4) is 0 Å². The van der Waals surface area contributed by atoms with E-state index in [1.165, 1.54) is 24.3 Å². The Morgan fingerprint density at radius 2 is 1.65 bits per heavy atom. The molecule has 0 aromatic heterocycles. The van der Waals surface area contributed by atoms with Gasteiger partial charge in [-0.3, -0.25) is 10.1 Å². The van der Waals surface area contributed by atoms with Gasteiger partial charge in [-0.05, 0) is 68.0 Å². The van der Waals surface area contributed by atoms with Crippen molar-refractivity contribution in [2.45, 2.75) is 51.6 Å². The lowest BCUT2D eigenvalue weighted by molar-refractivity contribution is -0.384. The molecule has 13 heteroatoms. The first-order valence-corrected chi connectivity index (χ1v) is 12.9. The first-order chi connectivity index (χ1) is 18.9. The molecule has 1 saturated carbocycles. The van der Waals surface area contributed by atoms with E-state index in [1.807, 2.05) is 25.7 Å². The van der Waals surface area contributed by atoms with E-state index in [0.717, 1.165) is 5.69 Å². The molecule has 1 fully saturated rings. The van der Waals surface area contributed by atoms with Crippen LogP contribution in [0.2, 0.25) is 0 Å². The third kappa shape index (κ3) is 9.19. The second-order valence-electron chi connectivity index (χ2n) is 10.9. The Balaban J connectivity index is 1.52. The van der Waals surface area contributed by atoms with Crippen molar-refractivity contribution in [3.05, 3.63) is 58.6 Å². The molecule has 0 heterocycles. The molecule has 2 atom stereocenters. The molecule has 2 unspecified atom stereocenters. The quantitative estimate of drug-likeness (QED) is 0.167. The minimum Gasteiger partial charge on any atom is -0.465 e. The van der Waals surface area contributed by atoms with Crippen LogP contribution >= 0.6 is 0 Å². The normalized spacial score (nSPS) is 20.1. The summed E-state index contributed by atoms with van der Waals surface area (Å²) in [6.45, 7) is 6.58. The summed E-state index contributed by atoms with van der Waals surface area (Å²) in [6.07, 6.45) is 0.149. The number of non-ortho nitro benzene ring substituents is 1. The smallest absolute Gasteiger partial charge is 0.407 e. The van der Waals surface area contributed by atoms with Gasteiger partial charge in [0, 0.05) is 35.9 Å². The van der Waals surface area contributed by atoms with Crippen LogP contribution in [0, 0.1) is 15.5 Å². The van der Waals surface area contributed by atoms with Crippen LogP contribution in [0.25, 0.3) is 0 Å². The molecule has 3 rings (SSSR count). The lowest BCUT2D eigenvalue weighted by atomic mass is 9.67. The van der Waals surface area contributed by atoms with E-state index in [9.17, 15) is 29.9 Å². The summed E-state index contributed by atoms with van der Waals surface area (Å²) in [4.78, 5) is 35.9. The highest BCUT2D eigenvalue weighted by atomic mass is 16.6. The topological polar surface area (TPSA) is 179 Å². The second-order valence-corrected chi connectivity index (χ2v) is 10.9. The third-order valence-electron chi connectivity index (χ3n) is 6.62. The van der Waals surface area contributed by atoms with Crippen molar-refractivity contribution in [2.24, 2.45) is 15.6 Å². The number of aliphatic hydroxyl groups excluding tert-OH is 1. The number of nitro benzene ring substituents is 1. The molecule has 2 aromatic carbocycles. The highest BCUT2D eigenvalue weighted by Crippen LogP contribution is 2.41. The molecule has 0 aliphatic heterocycles. The van der Waals surface area contributed by atoms with E-state index in [-0.39, 0.29) is 30.4 Å². The first kappa shape index (κ1) is 30.3. The molecule has 0 spiro atoms. The van der Waals surface area contributed by atoms with Gasteiger partial charge >= 0.3 is 12.2 Å². The summed E-state index contributed by atoms with van der Waals surface area (Å²) in [5.74, 6) is 0. The number of hydrogen-bond donors (Lipinski definition) is 4. The molecule has 0 bridgehead atoms. The zero-order chi connectivity index (χ0) is 29.3. The monoisotopic (exact) mass is 556 g/mol. The second kappa shape index (κ2) is 13.2. The Hall–Kier alpha value is -4.26. The summed E-state index contributed by atoms with van der Waals surface area (Å²) >= 11 is 0. The van der Waals surface area contributed by atoms with Gasteiger partial charge in [0.05, 0.1) is 29.4 Å². The number of ether oxygens (including phenoxy) is 1. The zero-order valence-corrected chi connectivity index (χ0v) is 22.9. The minimum absolute atomic E-state index is 0.0253. The van der Waals surface area contributed by atoms with Crippen LogP contribution in [0.3, 0.4) is 0 Å². The van der Waals surface area contributed by atoms with Gasteiger partial charge in [-0.1, -0.05) is 13.8 Å². The highest BCUT2D eigenvalue weighted by molar-refractivity contribution is 5.68. The Labute approximate surface area is 232 Å². The highest BCUT2D eigenvalue weighted by Gasteiger charge is 2.42. The SMILES string of the molecule is CC1(C)CC(NC(=O)OCCN(CCO)c2ccc(N=Nc3ccc([N+](=O)[O-])cc3)cc2)CC(C)(NC(=O)O)C1. The van der Waals surface area contributed by atoms with Crippen LogP contribution in [0.5, 0.6) is 0 Å². The molecule has 0 radical (unpaired) electrons. The average Bonchev–Trinajstić information content (AvgIpc) is 2.85. The Morgan fingerprint density at radius 3 is 2.20 bits per heavy atom. The Morgan fingerprint density at radius 1 is 1.05 bits per heavy atom. The van der Waals surface area contributed by atoms with Gasteiger partial charge in [0.25, 0.3) is 5.69 Å². The zero-order valence-electron chi connectivity index (χ0n) is 22.9. The average molecular weight is 557 g/mol. The maximum Gasteiger partial charge on any atom is 0.407 e. The summed E-state index contributed by atoms with van der Waals surface area (Å²) in [5, 5.41) is 43.2.